The van der Waals surface area contributed by atoms with Gasteiger partial charge in [0.15, 0.2) is 0 Å². The number of benzene rings is 1. The minimum atomic E-state index is -3.60. The van der Waals surface area contributed by atoms with E-state index in [0.29, 0.717) is 0 Å². The van der Waals surface area contributed by atoms with Crippen molar-refractivity contribution in [1.29, 1.82) is 0 Å². The molecule has 0 spiro atoms. The first-order valence-corrected chi connectivity index (χ1v) is 6.77. The van der Waals surface area contributed by atoms with Crippen molar-refractivity contribution >= 4 is 9.84 Å². The third-order valence-electron chi connectivity index (χ3n) is 2.53. The van der Waals surface area contributed by atoms with E-state index in [-0.39, 0.29) is 15.5 Å². The molecule has 1 aromatic carbocycles. The second-order valence-electron chi connectivity index (χ2n) is 3.81. The number of sulfone groups is 1. The van der Waals surface area contributed by atoms with Crippen LogP contribution in [0.15, 0.2) is 52.4 Å². The Labute approximate surface area is 106 Å². The molecule has 0 aliphatic heterocycles. The summed E-state index contributed by atoms with van der Waals surface area (Å²) in [5, 5.41) is 0. The Morgan fingerprint density at radius 3 is 2.44 bits per heavy atom. The Balaban J connectivity index is 2.63. The zero-order valence-corrected chi connectivity index (χ0v) is 10.6. The van der Waals surface area contributed by atoms with Crippen LogP contribution in [0.25, 0.3) is 0 Å². The Morgan fingerprint density at radius 2 is 1.83 bits per heavy atom. The van der Waals surface area contributed by atoms with Crippen LogP contribution in [0.4, 0.5) is 0 Å². The standard InChI is InChI=1S/C14H11NO2S/c1-3-13-14(5-4-10-15-13)18(16,17)12-8-6-11(2)7-9-12/h1,4-10H,2H3. The molecule has 1 aromatic heterocycles. The van der Waals surface area contributed by atoms with Crippen molar-refractivity contribution in [3.8, 4) is 12.3 Å². The first-order chi connectivity index (χ1) is 8.55. The highest BCUT2D eigenvalue weighted by atomic mass is 32.2. The number of nitrogens with zero attached hydrogens (tertiary/aromatic N) is 1. The van der Waals surface area contributed by atoms with Gasteiger partial charge in [0.05, 0.1) is 4.90 Å². The van der Waals surface area contributed by atoms with Crippen molar-refractivity contribution in [2.24, 2.45) is 0 Å². The summed E-state index contributed by atoms with van der Waals surface area (Å²) >= 11 is 0. The fourth-order valence-electron chi connectivity index (χ4n) is 1.56. The van der Waals surface area contributed by atoms with E-state index < -0.39 is 9.84 Å². The average molecular weight is 257 g/mol. The largest absolute Gasteiger partial charge is 0.246 e. The molecule has 90 valence electrons. The van der Waals surface area contributed by atoms with E-state index >= 15 is 0 Å². The molecule has 0 radical (unpaired) electrons. The highest BCUT2D eigenvalue weighted by Crippen LogP contribution is 2.22. The molecule has 18 heavy (non-hydrogen) atoms. The van der Waals surface area contributed by atoms with Gasteiger partial charge in [0.1, 0.15) is 10.6 Å². The number of aryl methyl sites for hydroxylation is 1. The van der Waals surface area contributed by atoms with Crippen LogP contribution in [-0.4, -0.2) is 13.4 Å². The molecule has 0 aliphatic carbocycles. The van der Waals surface area contributed by atoms with Gasteiger partial charge < -0.3 is 0 Å². The maximum atomic E-state index is 12.4. The topological polar surface area (TPSA) is 47.0 Å². The van der Waals surface area contributed by atoms with Gasteiger partial charge >= 0.3 is 0 Å². The zero-order valence-electron chi connectivity index (χ0n) is 9.79. The van der Waals surface area contributed by atoms with E-state index in [1.807, 2.05) is 6.92 Å². The molecule has 0 fully saturated rings. The third-order valence-corrected chi connectivity index (χ3v) is 4.33. The molecule has 4 heteroatoms. The molecule has 1 heterocycles. The third kappa shape index (κ3) is 2.13. The molecule has 0 N–H and O–H groups in total. The molecule has 0 bridgehead atoms. The molecule has 0 unspecified atom stereocenters. The Hall–Kier alpha value is -2.12. The summed E-state index contributed by atoms with van der Waals surface area (Å²) in [5.41, 5.74) is 1.13. The van der Waals surface area contributed by atoms with Crippen LogP contribution in [0.1, 0.15) is 11.3 Å². The van der Waals surface area contributed by atoms with Crippen LogP contribution in [0.2, 0.25) is 0 Å². The van der Waals surface area contributed by atoms with Gasteiger partial charge in [-0.05, 0) is 37.1 Å². The second-order valence-corrected chi connectivity index (χ2v) is 5.73. The number of pyridine rings is 1. The lowest BCUT2D eigenvalue weighted by Crippen LogP contribution is -2.05. The molecule has 0 amide bonds. The summed E-state index contributed by atoms with van der Waals surface area (Å²) in [6, 6.07) is 9.66. The lowest BCUT2D eigenvalue weighted by atomic mass is 10.2. The molecule has 2 rings (SSSR count). The first kappa shape index (κ1) is 12.3. The SMILES string of the molecule is C#Cc1ncccc1S(=O)(=O)c1ccc(C)cc1. The van der Waals surface area contributed by atoms with Crippen molar-refractivity contribution in [2.75, 3.05) is 0 Å². The van der Waals surface area contributed by atoms with Crippen LogP contribution in [0.5, 0.6) is 0 Å². The molecular formula is C14H11NO2S. The van der Waals surface area contributed by atoms with Crippen LogP contribution in [-0.2, 0) is 9.84 Å². The first-order valence-electron chi connectivity index (χ1n) is 5.29. The molecule has 3 nitrogen and oxygen atoms in total. The number of hydrogen-bond donors (Lipinski definition) is 0. The minimum Gasteiger partial charge on any atom is -0.246 e. The van der Waals surface area contributed by atoms with Crippen molar-refractivity contribution in [3.63, 3.8) is 0 Å². The van der Waals surface area contributed by atoms with Crippen LogP contribution in [0, 0.1) is 19.3 Å². The fraction of sp³-hybridized carbons (Fsp3) is 0.0714. The maximum absolute atomic E-state index is 12.4. The fourth-order valence-corrected chi connectivity index (χ4v) is 2.93. The van der Waals surface area contributed by atoms with Crippen LogP contribution >= 0.6 is 0 Å². The van der Waals surface area contributed by atoms with Crippen molar-refractivity contribution in [3.05, 3.63) is 53.9 Å². The van der Waals surface area contributed by atoms with E-state index in [0.717, 1.165) is 5.56 Å². The maximum Gasteiger partial charge on any atom is 0.209 e. The monoisotopic (exact) mass is 257 g/mol. The molecule has 0 atom stereocenters. The summed E-state index contributed by atoms with van der Waals surface area (Å²) in [4.78, 5) is 4.18. The smallest absolute Gasteiger partial charge is 0.209 e. The highest BCUT2D eigenvalue weighted by molar-refractivity contribution is 7.91. The van der Waals surface area contributed by atoms with Gasteiger partial charge in [-0.1, -0.05) is 17.7 Å². The number of hydrogen-bond acceptors (Lipinski definition) is 3. The zero-order chi connectivity index (χ0) is 13.2. The van der Waals surface area contributed by atoms with Gasteiger partial charge in [-0.15, -0.1) is 6.42 Å². The van der Waals surface area contributed by atoms with E-state index in [2.05, 4.69) is 10.9 Å². The number of rotatable bonds is 2. The van der Waals surface area contributed by atoms with Crippen molar-refractivity contribution in [1.82, 2.24) is 4.98 Å². The summed E-state index contributed by atoms with van der Waals surface area (Å²) in [6.45, 7) is 1.90. The van der Waals surface area contributed by atoms with Gasteiger partial charge in [0.25, 0.3) is 0 Å². The Bertz CT molecular complexity index is 710. The highest BCUT2D eigenvalue weighted by Gasteiger charge is 2.20. The van der Waals surface area contributed by atoms with Gasteiger partial charge in [0.2, 0.25) is 9.84 Å². The van der Waals surface area contributed by atoms with E-state index in [1.165, 1.54) is 12.3 Å². The van der Waals surface area contributed by atoms with Gasteiger partial charge in [-0.25, -0.2) is 13.4 Å². The van der Waals surface area contributed by atoms with Crippen LogP contribution < -0.4 is 0 Å². The molecule has 0 aliphatic rings. The van der Waals surface area contributed by atoms with Gasteiger partial charge in [-0.3, -0.25) is 0 Å². The predicted octanol–water partition coefficient (Wildman–Crippen LogP) is 2.20. The van der Waals surface area contributed by atoms with E-state index in [1.54, 1.807) is 30.3 Å². The molecule has 0 saturated carbocycles. The lowest BCUT2D eigenvalue weighted by Gasteiger charge is -2.06. The Morgan fingerprint density at radius 1 is 1.17 bits per heavy atom. The second kappa shape index (κ2) is 4.63. The molecular weight excluding hydrogens is 246 g/mol. The lowest BCUT2D eigenvalue weighted by molar-refractivity contribution is 0.595. The number of terminal acetylenes is 1. The normalized spacial score (nSPS) is 10.9. The van der Waals surface area contributed by atoms with E-state index in [9.17, 15) is 8.42 Å². The summed E-state index contributed by atoms with van der Waals surface area (Å²) in [6.07, 6.45) is 6.75. The van der Waals surface area contributed by atoms with E-state index in [4.69, 9.17) is 6.42 Å². The average Bonchev–Trinajstić information content (AvgIpc) is 2.39. The number of aromatic nitrogens is 1. The van der Waals surface area contributed by atoms with Gasteiger partial charge in [0, 0.05) is 6.20 Å². The predicted molar refractivity (Wildman–Crippen MR) is 68.8 cm³/mol. The summed E-state index contributed by atoms with van der Waals surface area (Å²) < 4.78 is 24.8. The summed E-state index contributed by atoms with van der Waals surface area (Å²) in [5.74, 6) is 2.29. The Kier molecular flexibility index (Phi) is 3.17. The quantitative estimate of drug-likeness (QED) is 0.775. The van der Waals surface area contributed by atoms with Crippen molar-refractivity contribution in [2.45, 2.75) is 16.7 Å². The van der Waals surface area contributed by atoms with Crippen LogP contribution in [0.3, 0.4) is 0 Å². The molecule has 2 aromatic rings. The molecule has 0 saturated heterocycles. The van der Waals surface area contributed by atoms with Crippen molar-refractivity contribution < 1.29 is 8.42 Å². The van der Waals surface area contributed by atoms with Gasteiger partial charge in [-0.2, -0.15) is 0 Å². The summed E-state index contributed by atoms with van der Waals surface area (Å²) in [7, 11) is -3.60. The minimum absolute atomic E-state index is 0.0661.